The van der Waals surface area contributed by atoms with Crippen LogP contribution in [-0.4, -0.2) is 26.4 Å². The van der Waals surface area contributed by atoms with Gasteiger partial charge >= 0.3 is 0 Å². The highest BCUT2D eigenvalue weighted by atomic mass is 35.5. The van der Waals surface area contributed by atoms with Crippen molar-refractivity contribution in [1.29, 1.82) is 0 Å². The fourth-order valence-corrected chi connectivity index (χ4v) is 3.62. The van der Waals surface area contributed by atoms with E-state index < -0.39 is 6.10 Å². The van der Waals surface area contributed by atoms with Crippen molar-refractivity contribution in [2.45, 2.75) is 32.4 Å². The van der Waals surface area contributed by atoms with E-state index in [2.05, 4.69) is 12.0 Å². The number of hydrogen-bond donors (Lipinski definition) is 1. The number of rotatable bonds is 4. The van der Waals surface area contributed by atoms with Crippen LogP contribution in [0.4, 0.5) is 0 Å². The average molecular weight is 261 g/mol. The summed E-state index contributed by atoms with van der Waals surface area (Å²) in [5.41, 5.74) is 0.802. The highest BCUT2D eigenvalue weighted by Gasteiger charge is 2.29. The van der Waals surface area contributed by atoms with E-state index in [1.54, 1.807) is 6.20 Å². The minimum Gasteiger partial charge on any atom is -0.386 e. The molecule has 0 radical (unpaired) electrons. The van der Waals surface area contributed by atoms with Crippen LogP contribution in [0.15, 0.2) is 6.20 Å². The van der Waals surface area contributed by atoms with E-state index >= 15 is 0 Å². The SMILES string of the molecule is CCCn1ncc(Cl)c1C(O)C1CCSC1. The molecule has 16 heavy (non-hydrogen) atoms. The highest BCUT2D eigenvalue weighted by Crippen LogP contribution is 2.36. The zero-order valence-electron chi connectivity index (χ0n) is 9.40. The number of hydrogen-bond acceptors (Lipinski definition) is 3. The number of halogens is 1. The lowest BCUT2D eigenvalue weighted by Gasteiger charge is -2.19. The Balaban J connectivity index is 2.19. The molecule has 1 saturated heterocycles. The summed E-state index contributed by atoms with van der Waals surface area (Å²) in [7, 11) is 0. The van der Waals surface area contributed by atoms with Gasteiger partial charge in [0.2, 0.25) is 0 Å². The third kappa shape index (κ3) is 2.39. The van der Waals surface area contributed by atoms with Crippen LogP contribution in [0.5, 0.6) is 0 Å². The van der Waals surface area contributed by atoms with Gasteiger partial charge in [0, 0.05) is 12.5 Å². The van der Waals surface area contributed by atoms with Gasteiger partial charge < -0.3 is 5.11 Å². The molecule has 1 aromatic heterocycles. The quantitative estimate of drug-likeness (QED) is 0.905. The van der Waals surface area contributed by atoms with Gasteiger partial charge in [-0.15, -0.1) is 0 Å². The molecule has 1 aromatic rings. The molecule has 0 spiro atoms. The van der Waals surface area contributed by atoms with Crippen LogP contribution in [-0.2, 0) is 6.54 Å². The number of aromatic nitrogens is 2. The molecular formula is C11H17ClN2OS. The molecule has 1 aliphatic heterocycles. The monoisotopic (exact) mass is 260 g/mol. The summed E-state index contributed by atoms with van der Waals surface area (Å²) < 4.78 is 1.84. The minimum absolute atomic E-state index is 0.329. The molecule has 2 unspecified atom stereocenters. The van der Waals surface area contributed by atoms with E-state index in [1.165, 1.54) is 0 Å². The largest absolute Gasteiger partial charge is 0.386 e. The number of aliphatic hydroxyl groups excluding tert-OH is 1. The second-order valence-corrected chi connectivity index (χ2v) is 5.73. The van der Waals surface area contributed by atoms with Crippen LogP contribution >= 0.6 is 23.4 Å². The Morgan fingerprint density at radius 2 is 2.56 bits per heavy atom. The predicted octanol–water partition coefficient (Wildman–Crippen LogP) is 2.73. The predicted molar refractivity (Wildman–Crippen MR) is 67.9 cm³/mol. The van der Waals surface area contributed by atoms with Crippen molar-refractivity contribution in [1.82, 2.24) is 9.78 Å². The Bertz CT molecular complexity index is 350. The highest BCUT2D eigenvalue weighted by molar-refractivity contribution is 7.99. The number of nitrogens with zero attached hydrogens (tertiary/aromatic N) is 2. The van der Waals surface area contributed by atoms with E-state index in [4.69, 9.17) is 11.6 Å². The summed E-state index contributed by atoms with van der Waals surface area (Å²) in [6.45, 7) is 2.91. The van der Waals surface area contributed by atoms with Crippen LogP contribution in [0.25, 0.3) is 0 Å². The Labute approximate surface area is 105 Å². The molecule has 0 bridgehead atoms. The third-order valence-corrected chi connectivity index (χ3v) is 4.44. The van der Waals surface area contributed by atoms with Gasteiger partial charge in [0.1, 0.15) is 6.10 Å². The van der Waals surface area contributed by atoms with E-state index in [0.29, 0.717) is 10.9 Å². The van der Waals surface area contributed by atoms with Gasteiger partial charge in [-0.2, -0.15) is 16.9 Å². The summed E-state index contributed by atoms with van der Waals surface area (Å²) in [6.07, 6.45) is 3.24. The maximum Gasteiger partial charge on any atom is 0.101 e. The minimum atomic E-state index is -0.462. The van der Waals surface area contributed by atoms with E-state index in [0.717, 1.165) is 36.6 Å². The maximum absolute atomic E-state index is 10.3. The van der Waals surface area contributed by atoms with Gasteiger partial charge in [0.15, 0.2) is 0 Å². The van der Waals surface area contributed by atoms with Crippen molar-refractivity contribution in [2.24, 2.45) is 5.92 Å². The standard InChI is InChI=1S/C11H17ClN2OS/c1-2-4-14-10(9(12)6-13-14)11(15)8-3-5-16-7-8/h6,8,11,15H,2-5,7H2,1H3. The molecule has 0 saturated carbocycles. The second-order valence-electron chi connectivity index (χ2n) is 4.17. The average Bonchev–Trinajstić information content (AvgIpc) is 2.88. The fraction of sp³-hybridized carbons (Fsp3) is 0.727. The van der Waals surface area contributed by atoms with Crippen molar-refractivity contribution in [3.05, 3.63) is 16.9 Å². The van der Waals surface area contributed by atoms with Crippen LogP contribution in [0.3, 0.4) is 0 Å². The Kier molecular flexibility index (Phi) is 4.16. The van der Waals surface area contributed by atoms with Crippen molar-refractivity contribution in [3.8, 4) is 0 Å². The van der Waals surface area contributed by atoms with Gasteiger partial charge in [-0.1, -0.05) is 18.5 Å². The molecule has 1 fully saturated rings. The molecule has 2 heterocycles. The number of aryl methyl sites for hydroxylation is 1. The van der Waals surface area contributed by atoms with Crippen molar-refractivity contribution in [3.63, 3.8) is 0 Å². The first-order chi connectivity index (χ1) is 7.74. The second kappa shape index (κ2) is 5.43. The first kappa shape index (κ1) is 12.3. The molecule has 5 heteroatoms. The summed E-state index contributed by atoms with van der Waals surface area (Å²) in [5.74, 6) is 2.49. The fourth-order valence-electron chi connectivity index (χ4n) is 2.08. The van der Waals surface area contributed by atoms with Gasteiger partial charge in [0.05, 0.1) is 16.9 Å². The molecule has 90 valence electrons. The van der Waals surface area contributed by atoms with Crippen molar-refractivity contribution in [2.75, 3.05) is 11.5 Å². The van der Waals surface area contributed by atoms with Crippen LogP contribution in [0, 0.1) is 5.92 Å². The Morgan fingerprint density at radius 1 is 1.75 bits per heavy atom. The smallest absolute Gasteiger partial charge is 0.101 e. The van der Waals surface area contributed by atoms with Gasteiger partial charge in [-0.25, -0.2) is 0 Å². The van der Waals surface area contributed by atoms with Gasteiger partial charge in [-0.3, -0.25) is 4.68 Å². The molecular weight excluding hydrogens is 244 g/mol. The molecule has 2 atom stereocenters. The van der Waals surface area contributed by atoms with Crippen molar-refractivity contribution < 1.29 is 5.11 Å². The number of thioether (sulfide) groups is 1. The first-order valence-electron chi connectivity index (χ1n) is 5.71. The summed E-state index contributed by atoms with van der Waals surface area (Å²) in [5, 5.41) is 15.1. The molecule has 2 rings (SSSR count). The summed E-state index contributed by atoms with van der Waals surface area (Å²) in [6, 6.07) is 0. The van der Waals surface area contributed by atoms with Crippen molar-refractivity contribution >= 4 is 23.4 Å². The molecule has 3 nitrogen and oxygen atoms in total. The van der Waals surface area contributed by atoms with Gasteiger partial charge in [-0.05, 0) is 24.3 Å². The lowest BCUT2D eigenvalue weighted by Crippen LogP contribution is -2.17. The normalized spacial score (nSPS) is 22.6. The van der Waals surface area contributed by atoms with Crippen LogP contribution < -0.4 is 0 Å². The molecule has 0 amide bonds. The topological polar surface area (TPSA) is 38.0 Å². The molecule has 0 aliphatic carbocycles. The lowest BCUT2D eigenvalue weighted by molar-refractivity contribution is 0.111. The third-order valence-electron chi connectivity index (χ3n) is 2.96. The Morgan fingerprint density at radius 3 is 3.19 bits per heavy atom. The molecule has 1 N–H and O–H groups in total. The zero-order chi connectivity index (χ0) is 11.5. The summed E-state index contributed by atoms with van der Waals surface area (Å²) in [4.78, 5) is 0. The lowest BCUT2D eigenvalue weighted by atomic mass is 9.99. The van der Waals surface area contributed by atoms with Crippen LogP contribution in [0.1, 0.15) is 31.6 Å². The van der Waals surface area contributed by atoms with Gasteiger partial charge in [0.25, 0.3) is 0 Å². The molecule has 1 aliphatic rings. The van der Waals surface area contributed by atoms with E-state index in [1.807, 2.05) is 16.4 Å². The zero-order valence-corrected chi connectivity index (χ0v) is 11.0. The summed E-state index contributed by atoms with van der Waals surface area (Å²) >= 11 is 8.00. The van der Waals surface area contributed by atoms with E-state index in [9.17, 15) is 5.11 Å². The Hall–Kier alpha value is -0.190. The number of aliphatic hydroxyl groups is 1. The first-order valence-corrected chi connectivity index (χ1v) is 7.24. The van der Waals surface area contributed by atoms with E-state index in [-0.39, 0.29) is 0 Å². The van der Waals surface area contributed by atoms with Crippen LogP contribution in [0.2, 0.25) is 5.02 Å². The molecule has 0 aromatic carbocycles. The maximum atomic E-state index is 10.3.